The lowest BCUT2D eigenvalue weighted by Gasteiger charge is -2.26. The molecule has 2 aromatic heterocycles. The highest BCUT2D eigenvalue weighted by Crippen LogP contribution is 2.43. The van der Waals surface area contributed by atoms with Crippen molar-refractivity contribution >= 4 is 61.6 Å². The predicted molar refractivity (Wildman–Crippen MR) is 260 cm³/mol. The summed E-state index contributed by atoms with van der Waals surface area (Å²) in [4.78, 5) is 2.32. The van der Waals surface area contributed by atoms with Gasteiger partial charge in [-0.2, -0.15) is 8.75 Å². The van der Waals surface area contributed by atoms with Crippen molar-refractivity contribution in [3.63, 3.8) is 0 Å². The Morgan fingerprint density at radius 1 is 0.426 bits per heavy atom. The van der Waals surface area contributed by atoms with Crippen LogP contribution in [0, 0.1) is 0 Å². The SMILES string of the molecule is CC(C)(C)c1ccc(-c2ccc(N(c3ccc(-c4ccc(C(C)(C)C)cc4)cc3)c3ccc(-c4ccc5c(c4)c4ccccc4n5-c4ccccc4)c4nsnc34)cc2)cc1. The summed E-state index contributed by atoms with van der Waals surface area (Å²) in [5.41, 5.74) is 18.2. The van der Waals surface area contributed by atoms with Gasteiger partial charge in [0.05, 0.1) is 28.4 Å². The van der Waals surface area contributed by atoms with Crippen molar-refractivity contribution in [2.75, 3.05) is 4.90 Å². The van der Waals surface area contributed by atoms with E-state index in [1.807, 2.05) is 0 Å². The Kier molecular flexibility index (Phi) is 9.45. The van der Waals surface area contributed by atoms with Gasteiger partial charge in [0.1, 0.15) is 11.0 Å². The van der Waals surface area contributed by atoms with Crippen LogP contribution >= 0.6 is 11.7 Å². The largest absolute Gasteiger partial charge is 0.309 e. The summed E-state index contributed by atoms with van der Waals surface area (Å²) in [5, 5.41) is 2.43. The van der Waals surface area contributed by atoms with E-state index in [1.165, 1.54) is 66.9 Å². The van der Waals surface area contributed by atoms with E-state index in [-0.39, 0.29) is 10.8 Å². The number of benzene rings is 8. The Bertz CT molecular complexity index is 3060. The first-order chi connectivity index (χ1) is 29.5. The molecule has 0 fully saturated rings. The van der Waals surface area contributed by atoms with E-state index in [0.29, 0.717) is 0 Å². The summed E-state index contributed by atoms with van der Waals surface area (Å²) in [6.07, 6.45) is 0. The number of nitrogens with zero attached hydrogens (tertiary/aromatic N) is 4. The third-order valence-electron chi connectivity index (χ3n) is 12.1. The summed E-state index contributed by atoms with van der Waals surface area (Å²) in [5.74, 6) is 0. The Labute approximate surface area is 362 Å². The van der Waals surface area contributed by atoms with Crippen molar-refractivity contribution in [2.45, 2.75) is 52.4 Å². The van der Waals surface area contributed by atoms with E-state index >= 15 is 0 Å². The molecule has 0 aliphatic rings. The number of para-hydroxylation sites is 2. The Hall–Kier alpha value is -6.82. The van der Waals surface area contributed by atoms with E-state index in [9.17, 15) is 0 Å². The smallest absolute Gasteiger partial charge is 0.129 e. The molecule has 0 unspecified atom stereocenters. The topological polar surface area (TPSA) is 34.0 Å². The van der Waals surface area contributed by atoms with Gasteiger partial charge >= 0.3 is 0 Å². The lowest BCUT2D eigenvalue weighted by Crippen LogP contribution is -2.11. The minimum absolute atomic E-state index is 0.106. The van der Waals surface area contributed by atoms with Crippen molar-refractivity contribution in [1.82, 2.24) is 13.3 Å². The van der Waals surface area contributed by atoms with Crippen LogP contribution in [0.4, 0.5) is 17.1 Å². The molecule has 5 heteroatoms. The normalized spacial score (nSPS) is 12.1. The van der Waals surface area contributed by atoms with E-state index in [1.54, 1.807) is 0 Å². The highest BCUT2D eigenvalue weighted by molar-refractivity contribution is 7.00. The van der Waals surface area contributed by atoms with Crippen LogP contribution in [0.1, 0.15) is 52.7 Å². The Balaban J connectivity index is 1.07. The van der Waals surface area contributed by atoms with Gasteiger partial charge in [-0.3, -0.25) is 0 Å². The molecule has 298 valence electrons. The number of rotatable bonds is 7. The Morgan fingerprint density at radius 2 is 0.902 bits per heavy atom. The van der Waals surface area contributed by atoms with Gasteiger partial charge in [0.25, 0.3) is 0 Å². The number of anilines is 3. The molecule has 8 aromatic carbocycles. The fraction of sp³-hybridized carbons (Fsp3) is 0.143. The molecule has 0 atom stereocenters. The molecule has 0 spiro atoms. The second-order valence-electron chi connectivity index (χ2n) is 18.1. The van der Waals surface area contributed by atoms with Crippen LogP contribution in [0.2, 0.25) is 0 Å². The van der Waals surface area contributed by atoms with Gasteiger partial charge in [0.2, 0.25) is 0 Å². The lowest BCUT2D eigenvalue weighted by molar-refractivity contribution is 0.590. The summed E-state index contributed by atoms with van der Waals surface area (Å²) < 4.78 is 12.3. The van der Waals surface area contributed by atoms with Crippen LogP contribution in [0.15, 0.2) is 182 Å². The van der Waals surface area contributed by atoms with Crippen LogP contribution < -0.4 is 4.90 Å². The van der Waals surface area contributed by atoms with Crippen LogP contribution in [0.5, 0.6) is 0 Å². The van der Waals surface area contributed by atoms with Gasteiger partial charge in [-0.05, 0) is 117 Å². The maximum Gasteiger partial charge on any atom is 0.129 e. The van der Waals surface area contributed by atoms with Crippen molar-refractivity contribution in [2.24, 2.45) is 0 Å². The van der Waals surface area contributed by atoms with Crippen LogP contribution in [0.25, 0.3) is 71.9 Å². The maximum atomic E-state index is 5.00. The number of aromatic nitrogens is 3. The van der Waals surface area contributed by atoms with Gasteiger partial charge in [0, 0.05) is 33.4 Å². The summed E-state index contributed by atoms with van der Waals surface area (Å²) >= 11 is 1.27. The van der Waals surface area contributed by atoms with Crippen molar-refractivity contribution in [3.05, 3.63) is 193 Å². The minimum Gasteiger partial charge on any atom is -0.309 e. The van der Waals surface area contributed by atoms with Gasteiger partial charge in [-0.25, -0.2) is 0 Å². The molecule has 0 N–H and O–H groups in total. The van der Waals surface area contributed by atoms with Gasteiger partial charge in [-0.1, -0.05) is 157 Å². The standard InChI is InChI=1S/C56H48N4S/c1-55(2,3)42-25-16-37(17-26-42)39-20-29-45(30-21-39)59(46-31-22-40(23-32-46)38-18-27-43(28-19-38)56(4,5)6)52-35-33-47(53-54(52)58-61-57-53)41-24-34-51-49(36-41)48-14-10-11-15-50(48)60(51)44-12-8-7-9-13-44/h7-36H,1-6H3. The monoisotopic (exact) mass is 808 g/mol. The zero-order chi connectivity index (χ0) is 41.9. The number of hydrogen-bond acceptors (Lipinski definition) is 4. The second kappa shape index (κ2) is 15.0. The second-order valence-corrected chi connectivity index (χ2v) is 18.6. The first kappa shape index (κ1) is 38.4. The molecule has 4 nitrogen and oxygen atoms in total. The molecular formula is C56H48N4S. The van der Waals surface area contributed by atoms with E-state index in [2.05, 4.69) is 233 Å². The summed E-state index contributed by atoms with van der Waals surface area (Å²) in [6, 6.07) is 66.3. The van der Waals surface area contributed by atoms with Crippen LogP contribution in [-0.2, 0) is 10.8 Å². The number of fused-ring (bicyclic) bond motifs is 4. The maximum absolute atomic E-state index is 5.00. The third-order valence-corrected chi connectivity index (χ3v) is 12.6. The van der Waals surface area contributed by atoms with E-state index in [0.717, 1.165) is 44.9 Å². The zero-order valence-corrected chi connectivity index (χ0v) is 36.3. The fourth-order valence-electron chi connectivity index (χ4n) is 8.62. The first-order valence-electron chi connectivity index (χ1n) is 21.1. The van der Waals surface area contributed by atoms with Gasteiger partial charge in [-0.15, -0.1) is 0 Å². The molecule has 2 heterocycles. The summed E-state index contributed by atoms with van der Waals surface area (Å²) in [7, 11) is 0. The highest BCUT2D eigenvalue weighted by atomic mass is 32.1. The highest BCUT2D eigenvalue weighted by Gasteiger charge is 2.22. The third kappa shape index (κ3) is 7.09. The van der Waals surface area contributed by atoms with Gasteiger partial charge in [0.15, 0.2) is 0 Å². The average Bonchev–Trinajstić information content (AvgIpc) is 3.91. The van der Waals surface area contributed by atoms with Gasteiger partial charge < -0.3 is 9.47 Å². The van der Waals surface area contributed by atoms with E-state index in [4.69, 9.17) is 8.75 Å². The molecule has 61 heavy (non-hydrogen) atoms. The molecular weight excluding hydrogens is 761 g/mol. The van der Waals surface area contributed by atoms with Crippen molar-refractivity contribution in [3.8, 4) is 39.1 Å². The molecule has 0 radical (unpaired) electrons. The Morgan fingerprint density at radius 3 is 1.46 bits per heavy atom. The molecule has 0 aliphatic carbocycles. The quantitative estimate of drug-likeness (QED) is 0.161. The lowest BCUT2D eigenvalue weighted by atomic mass is 9.86. The minimum atomic E-state index is 0.106. The van der Waals surface area contributed by atoms with Crippen molar-refractivity contribution in [1.29, 1.82) is 0 Å². The molecule has 0 amide bonds. The summed E-state index contributed by atoms with van der Waals surface area (Å²) in [6.45, 7) is 13.5. The number of hydrogen-bond donors (Lipinski definition) is 0. The van der Waals surface area contributed by atoms with Crippen LogP contribution in [0.3, 0.4) is 0 Å². The fourth-order valence-corrected chi connectivity index (χ4v) is 9.19. The van der Waals surface area contributed by atoms with E-state index < -0.39 is 0 Å². The molecule has 10 aromatic rings. The first-order valence-corrected chi connectivity index (χ1v) is 21.8. The molecule has 0 saturated heterocycles. The molecule has 0 bridgehead atoms. The van der Waals surface area contributed by atoms with Crippen molar-refractivity contribution < 1.29 is 0 Å². The zero-order valence-electron chi connectivity index (χ0n) is 35.5. The predicted octanol–water partition coefficient (Wildman–Crippen LogP) is 15.9. The molecule has 0 aliphatic heterocycles. The molecule has 0 saturated carbocycles. The van der Waals surface area contributed by atoms with Crippen LogP contribution in [-0.4, -0.2) is 13.3 Å². The molecule has 10 rings (SSSR count). The average molecular weight is 809 g/mol.